The van der Waals surface area contributed by atoms with E-state index in [1.54, 1.807) is 13.0 Å². The molecule has 2 N–H and O–H groups in total. The maximum absolute atomic E-state index is 12.4. The molecule has 11 nitrogen and oxygen atoms in total. The Labute approximate surface area is 230 Å². The third-order valence-corrected chi connectivity index (χ3v) is 5.06. The van der Waals surface area contributed by atoms with Crippen LogP contribution in [0.25, 0.3) is 0 Å². The van der Waals surface area contributed by atoms with Crippen LogP contribution in [0.3, 0.4) is 0 Å². The molecular formula is C28H43NO10. The molecule has 0 aliphatic rings. The summed E-state index contributed by atoms with van der Waals surface area (Å²) in [6, 6.07) is 3.32. The van der Waals surface area contributed by atoms with E-state index in [1.165, 1.54) is 12.1 Å². The van der Waals surface area contributed by atoms with Crippen LogP contribution in [0.2, 0.25) is 0 Å². The van der Waals surface area contributed by atoms with E-state index in [1.807, 2.05) is 34.6 Å². The minimum absolute atomic E-state index is 0.0273. The highest BCUT2D eigenvalue weighted by molar-refractivity contribution is 5.76. The van der Waals surface area contributed by atoms with Gasteiger partial charge in [-0.15, -0.1) is 0 Å². The summed E-state index contributed by atoms with van der Waals surface area (Å²) in [6.45, 7) is 11.5. The van der Waals surface area contributed by atoms with Gasteiger partial charge < -0.3 is 34.2 Å². The first-order chi connectivity index (χ1) is 18.3. The van der Waals surface area contributed by atoms with Gasteiger partial charge in [0.2, 0.25) is 0 Å². The Morgan fingerprint density at radius 1 is 0.872 bits per heavy atom. The Hall–Kier alpha value is -3.34. The number of nitrogens with two attached hydrogens (primary N) is 1. The molecule has 0 bridgehead atoms. The molecular weight excluding hydrogens is 510 g/mol. The minimum Gasteiger partial charge on any atom is -0.461 e. The van der Waals surface area contributed by atoms with E-state index in [2.05, 4.69) is 0 Å². The van der Waals surface area contributed by atoms with Crippen molar-refractivity contribution in [2.45, 2.75) is 92.2 Å². The molecule has 0 heterocycles. The zero-order valence-corrected chi connectivity index (χ0v) is 23.9. The Kier molecular flexibility index (Phi) is 14.9. The minimum atomic E-state index is -1.06. The maximum atomic E-state index is 12.4. The summed E-state index contributed by atoms with van der Waals surface area (Å²) in [4.78, 5) is 48.5. The fraction of sp³-hybridized carbons (Fsp3) is 0.643. The maximum Gasteiger partial charge on any atom is 0.513 e. The average molecular weight is 554 g/mol. The summed E-state index contributed by atoms with van der Waals surface area (Å²) in [5.41, 5.74) is 6.30. The molecule has 0 fully saturated rings. The Bertz CT molecular complexity index is 941. The molecule has 220 valence electrons. The molecule has 0 spiro atoms. The molecule has 11 heteroatoms. The lowest BCUT2D eigenvalue weighted by atomic mass is 9.92. The van der Waals surface area contributed by atoms with Crippen molar-refractivity contribution in [3.8, 4) is 11.5 Å². The Morgan fingerprint density at radius 2 is 1.44 bits per heavy atom. The summed E-state index contributed by atoms with van der Waals surface area (Å²) in [6.07, 6.45) is 0.707. The van der Waals surface area contributed by atoms with E-state index < -0.39 is 30.4 Å². The van der Waals surface area contributed by atoms with Crippen LogP contribution in [0.4, 0.5) is 9.59 Å². The summed E-state index contributed by atoms with van der Waals surface area (Å²) >= 11 is 0. The molecule has 1 aromatic carbocycles. The number of hydrogen-bond acceptors (Lipinski definition) is 11. The standard InChI is InChI=1S/C28H43NO10/c1-7-9-13-34-26(32)38-22-12-11-20(16-23(22)39-27(33)35-14-10-8-2)15-21(29)25(31)36-18-19(3)37-24(30)17-28(4,5)6/h11-12,16,19,21H,7-10,13-15,17-18,29H2,1-6H3/t19-,21-/m0/s1. The predicted octanol–water partition coefficient (Wildman–Crippen LogP) is 5.10. The van der Waals surface area contributed by atoms with Crippen molar-refractivity contribution in [2.75, 3.05) is 19.8 Å². The lowest BCUT2D eigenvalue weighted by Gasteiger charge is -2.20. The SMILES string of the molecule is CCCCOC(=O)Oc1ccc(C[C@H](N)C(=O)OC[C@H](C)OC(=O)CC(C)(C)C)cc1OC(=O)OCCCC. The lowest BCUT2D eigenvalue weighted by Crippen LogP contribution is -2.36. The molecule has 0 aromatic heterocycles. The van der Waals surface area contributed by atoms with Crippen LogP contribution in [-0.4, -0.2) is 56.2 Å². The van der Waals surface area contributed by atoms with Gasteiger partial charge in [0.05, 0.1) is 19.6 Å². The molecule has 1 rings (SSSR count). The van der Waals surface area contributed by atoms with Gasteiger partial charge in [0, 0.05) is 0 Å². The normalized spacial score (nSPS) is 12.6. The number of carbonyl (C=O) groups excluding carboxylic acids is 4. The predicted molar refractivity (Wildman–Crippen MR) is 142 cm³/mol. The van der Waals surface area contributed by atoms with Crippen LogP contribution in [0.5, 0.6) is 11.5 Å². The van der Waals surface area contributed by atoms with Crippen LogP contribution in [0.1, 0.15) is 79.2 Å². The van der Waals surface area contributed by atoms with E-state index in [4.69, 9.17) is 34.2 Å². The number of unbranched alkanes of at least 4 members (excludes halogenated alkanes) is 2. The van der Waals surface area contributed by atoms with Crippen LogP contribution in [0, 0.1) is 5.41 Å². The van der Waals surface area contributed by atoms with Gasteiger partial charge in [-0.3, -0.25) is 9.59 Å². The fourth-order valence-electron chi connectivity index (χ4n) is 3.06. The van der Waals surface area contributed by atoms with Gasteiger partial charge in [-0.2, -0.15) is 0 Å². The molecule has 39 heavy (non-hydrogen) atoms. The van der Waals surface area contributed by atoms with Crippen LogP contribution in [-0.2, 0) is 35.0 Å². The first kappa shape index (κ1) is 33.7. The number of esters is 2. The molecule has 2 atom stereocenters. The average Bonchev–Trinajstić information content (AvgIpc) is 2.83. The first-order valence-corrected chi connectivity index (χ1v) is 13.3. The summed E-state index contributed by atoms with van der Waals surface area (Å²) < 4.78 is 31.0. The fourth-order valence-corrected chi connectivity index (χ4v) is 3.06. The summed E-state index contributed by atoms with van der Waals surface area (Å²) in [5, 5.41) is 0. The van der Waals surface area contributed by atoms with Crippen LogP contribution < -0.4 is 15.2 Å². The summed E-state index contributed by atoms with van der Waals surface area (Å²) in [5.74, 6) is -1.24. The molecule has 0 radical (unpaired) electrons. The highest BCUT2D eigenvalue weighted by Crippen LogP contribution is 2.30. The van der Waals surface area contributed by atoms with Gasteiger partial charge in [-0.1, -0.05) is 53.5 Å². The second-order valence-corrected chi connectivity index (χ2v) is 10.4. The van der Waals surface area contributed by atoms with Gasteiger partial charge in [-0.25, -0.2) is 9.59 Å². The van der Waals surface area contributed by atoms with Crippen molar-refractivity contribution in [2.24, 2.45) is 11.1 Å². The summed E-state index contributed by atoms with van der Waals surface area (Å²) in [7, 11) is 0. The van der Waals surface area contributed by atoms with Crippen LogP contribution >= 0.6 is 0 Å². The quantitative estimate of drug-likeness (QED) is 0.134. The number of hydrogen-bond donors (Lipinski definition) is 1. The van der Waals surface area contributed by atoms with Crippen molar-refractivity contribution in [1.29, 1.82) is 0 Å². The number of ether oxygens (including phenoxy) is 6. The zero-order chi connectivity index (χ0) is 29.4. The third-order valence-electron chi connectivity index (χ3n) is 5.06. The van der Waals surface area contributed by atoms with Crippen molar-refractivity contribution < 1.29 is 47.6 Å². The number of benzene rings is 1. The van der Waals surface area contributed by atoms with E-state index in [0.29, 0.717) is 18.4 Å². The highest BCUT2D eigenvalue weighted by atomic mass is 16.7. The van der Waals surface area contributed by atoms with E-state index >= 15 is 0 Å². The van der Waals surface area contributed by atoms with Gasteiger partial charge in [-0.05, 0) is 49.3 Å². The van der Waals surface area contributed by atoms with Crippen molar-refractivity contribution in [3.63, 3.8) is 0 Å². The van der Waals surface area contributed by atoms with Crippen molar-refractivity contribution >= 4 is 24.2 Å². The second kappa shape index (κ2) is 17.3. The lowest BCUT2D eigenvalue weighted by molar-refractivity contribution is -0.160. The second-order valence-electron chi connectivity index (χ2n) is 10.4. The Balaban J connectivity index is 2.81. The monoisotopic (exact) mass is 553 g/mol. The highest BCUT2D eigenvalue weighted by Gasteiger charge is 2.23. The van der Waals surface area contributed by atoms with E-state index in [9.17, 15) is 19.2 Å². The molecule has 0 unspecified atom stereocenters. The topological polar surface area (TPSA) is 150 Å². The first-order valence-electron chi connectivity index (χ1n) is 13.3. The van der Waals surface area contributed by atoms with Crippen molar-refractivity contribution in [3.05, 3.63) is 23.8 Å². The van der Waals surface area contributed by atoms with Gasteiger partial charge in [0.1, 0.15) is 18.8 Å². The molecule has 0 aliphatic heterocycles. The van der Waals surface area contributed by atoms with Gasteiger partial charge in [0.15, 0.2) is 11.5 Å². The van der Waals surface area contributed by atoms with E-state index in [0.717, 1.165) is 12.8 Å². The molecule has 0 aliphatic carbocycles. The zero-order valence-electron chi connectivity index (χ0n) is 23.9. The largest absolute Gasteiger partial charge is 0.513 e. The van der Waals surface area contributed by atoms with Crippen LogP contribution in [0.15, 0.2) is 18.2 Å². The smallest absolute Gasteiger partial charge is 0.461 e. The number of carbonyl (C=O) groups is 4. The van der Waals surface area contributed by atoms with Gasteiger partial charge >= 0.3 is 24.2 Å². The van der Waals surface area contributed by atoms with E-state index in [-0.39, 0.29) is 55.5 Å². The molecule has 0 saturated carbocycles. The molecule has 0 saturated heterocycles. The van der Waals surface area contributed by atoms with Gasteiger partial charge in [0.25, 0.3) is 0 Å². The Morgan fingerprint density at radius 3 is 1.97 bits per heavy atom. The molecule has 0 amide bonds. The molecule has 1 aromatic rings. The van der Waals surface area contributed by atoms with Crippen molar-refractivity contribution in [1.82, 2.24) is 0 Å². The third kappa shape index (κ3) is 15.0. The number of rotatable bonds is 15.